The molecule has 0 atom stereocenters. The molecule has 0 radical (unpaired) electrons. The Hall–Kier alpha value is -0.390. The normalized spacial score (nSPS) is 8.60. The fourth-order valence-electron chi connectivity index (χ4n) is 0.636. The Morgan fingerprint density at radius 1 is 1.60 bits per heavy atom. The average molecular weight is 252 g/mol. The van der Waals surface area contributed by atoms with Crippen LogP contribution in [-0.2, 0) is 7.05 Å². The van der Waals surface area contributed by atoms with E-state index in [1.165, 1.54) is 11.5 Å². The van der Waals surface area contributed by atoms with E-state index in [9.17, 15) is 4.79 Å². The van der Waals surface area contributed by atoms with Crippen molar-refractivity contribution in [3.05, 3.63) is 18.7 Å². The van der Waals surface area contributed by atoms with Gasteiger partial charge in [0.1, 0.15) is 12.4 Å². The Balaban J connectivity index is 0.000000810. The molecular formula is C6H9IN2O. The first-order chi connectivity index (χ1) is 4.20. The Kier molecular flexibility index (Phi) is 3.55. The third-order valence-corrected chi connectivity index (χ3v) is 1.13. The first-order valence-corrected chi connectivity index (χ1v) is 2.74. The van der Waals surface area contributed by atoms with Gasteiger partial charge in [-0.3, -0.25) is 0 Å². The Morgan fingerprint density at radius 3 is 2.40 bits per heavy atom. The van der Waals surface area contributed by atoms with Crippen molar-refractivity contribution in [3.63, 3.8) is 0 Å². The van der Waals surface area contributed by atoms with Gasteiger partial charge in [-0.15, -0.1) is 0 Å². The zero-order valence-corrected chi connectivity index (χ0v) is 8.07. The molecule has 0 saturated carbocycles. The molecule has 0 N–H and O–H groups in total. The second kappa shape index (κ2) is 3.70. The molecule has 3 nitrogen and oxygen atoms in total. The van der Waals surface area contributed by atoms with Crippen molar-refractivity contribution in [2.75, 3.05) is 0 Å². The summed E-state index contributed by atoms with van der Waals surface area (Å²) in [5.41, 5.74) is 0. The van der Waals surface area contributed by atoms with E-state index in [2.05, 4.69) is 0 Å². The summed E-state index contributed by atoms with van der Waals surface area (Å²) in [6, 6.07) is 0. The number of carbonyl (C=O) groups excluding carboxylic acids is 1. The van der Waals surface area contributed by atoms with Gasteiger partial charge < -0.3 is 24.0 Å². The number of hydrogen-bond donors (Lipinski definition) is 0. The lowest BCUT2D eigenvalue weighted by atomic mass is 10.7. The molecule has 0 aliphatic heterocycles. The van der Waals surface area contributed by atoms with Gasteiger partial charge in [-0.1, -0.05) is 0 Å². The summed E-state index contributed by atoms with van der Waals surface area (Å²) in [6.07, 6.45) is 5.27. The third-order valence-electron chi connectivity index (χ3n) is 1.13. The van der Waals surface area contributed by atoms with E-state index in [1.807, 2.05) is 17.8 Å². The molecule has 0 aliphatic carbocycles. The van der Waals surface area contributed by atoms with Gasteiger partial charge in [-0.05, 0) is 0 Å². The average Bonchev–Trinajstić information content (AvgIpc) is 2.14. The summed E-state index contributed by atoms with van der Waals surface area (Å²) >= 11 is 0. The molecule has 0 saturated heterocycles. The zero-order valence-electron chi connectivity index (χ0n) is 5.91. The highest BCUT2D eigenvalue weighted by Gasteiger charge is 2.02. The predicted molar refractivity (Wildman–Crippen MR) is 31.9 cm³/mol. The minimum atomic E-state index is 0. The van der Waals surface area contributed by atoms with Gasteiger partial charge in [-0.25, -0.2) is 9.36 Å². The molecule has 0 aromatic carbocycles. The minimum Gasteiger partial charge on any atom is -1.00 e. The molecule has 0 spiro atoms. The molecule has 1 aromatic rings. The van der Waals surface area contributed by atoms with Gasteiger partial charge in [-0.2, -0.15) is 4.57 Å². The van der Waals surface area contributed by atoms with Crippen molar-refractivity contribution >= 4 is 5.91 Å². The van der Waals surface area contributed by atoms with Crippen molar-refractivity contribution < 1.29 is 33.3 Å². The van der Waals surface area contributed by atoms with Gasteiger partial charge in [0.05, 0.1) is 7.05 Å². The summed E-state index contributed by atoms with van der Waals surface area (Å²) in [6.45, 7) is 1.53. The van der Waals surface area contributed by atoms with Crippen molar-refractivity contribution in [3.8, 4) is 0 Å². The summed E-state index contributed by atoms with van der Waals surface area (Å²) in [5, 5.41) is 0. The van der Waals surface area contributed by atoms with E-state index in [0.29, 0.717) is 0 Å². The van der Waals surface area contributed by atoms with Crippen LogP contribution in [0, 0.1) is 0 Å². The molecule has 1 heterocycles. The van der Waals surface area contributed by atoms with Crippen molar-refractivity contribution in [2.24, 2.45) is 7.05 Å². The maximum absolute atomic E-state index is 10.6. The van der Waals surface area contributed by atoms with Crippen LogP contribution in [0.25, 0.3) is 0 Å². The lowest BCUT2D eigenvalue weighted by Gasteiger charge is -1.80. The number of aromatic nitrogens is 2. The molecule has 1 aromatic heterocycles. The fraction of sp³-hybridized carbons (Fsp3) is 0.333. The van der Waals surface area contributed by atoms with Crippen molar-refractivity contribution in [1.82, 2.24) is 4.57 Å². The van der Waals surface area contributed by atoms with E-state index >= 15 is 0 Å². The second-order valence-electron chi connectivity index (χ2n) is 2.01. The first kappa shape index (κ1) is 9.61. The fourth-order valence-corrected chi connectivity index (χ4v) is 0.636. The van der Waals surface area contributed by atoms with Crippen LogP contribution >= 0.6 is 0 Å². The highest BCUT2D eigenvalue weighted by Crippen LogP contribution is 1.80. The Morgan fingerprint density at radius 2 is 2.20 bits per heavy atom. The van der Waals surface area contributed by atoms with E-state index in [4.69, 9.17) is 0 Å². The standard InChI is InChI=1S/C6H9N2O.HI/c1-6(9)8-4-3-7(2)5-8;/h3-5H,1-2H3;1H/q+1;/p-1. The van der Waals surface area contributed by atoms with Crippen LogP contribution < -0.4 is 28.5 Å². The molecule has 0 fully saturated rings. The van der Waals surface area contributed by atoms with Gasteiger partial charge >= 0.3 is 5.91 Å². The first-order valence-electron chi connectivity index (χ1n) is 2.74. The SMILES string of the molecule is CC(=O)n1cc[n+](C)c1.[I-]. The van der Waals surface area contributed by atoms with Gasteiger partial charge in [0.2, 0.25) is 0 Å². The van der Waals surface area contributed by atoms with E-state index < -0.39 is 0 Å². The monoisotopic (exact) mass is 252 g/mol. The molecule has 0 amide bonds. The molecule has 4 heteroatoms. The number of aryl methyl sites for hydroxylation is 1. The molecule has 56 valence electrons. The largest absolute Gasteiger partial charge is 1.00 e. The maximum atomic E-state index is 10.6. The van der Waals surface area contributed by atoms with Crippen molar-refractivity contribution in [2.45, 2.75) is 6.92 Å². The molecule has 0 aliphatic rings. The lowest BCUT2D eigenvalue weighted by Crippen LogP contribution is -3.00. The van der Waals surface area contributed by atoms with Crippen LogP contribution in [0.1, 0.15) is 11.7 Å². The highest BCUT2D eigenvalue weighted by atomic mass is 127. The topological polar surface area (TPSA) is 25.9 Å². The number of nitrogens with zero attached hydrogens (tertiary/aromatic N) is 2. The summed E-state index contributed by atoms with van der Waals surface area (Å²) in [4.78, 5) is 10.6. The number of hydrogen-bond acceptors (Lipinski definition) is 1. The lowest BCUT2D eigenvalue weighted by molar-refractivity contribution is -0.670. The molecular weight excluding hydrogens is 243 g/mol. The zero-order chi connectivity index (χ0) is 6.85. The Labute approximate surface area is 76.7 Å². The van der Waals surface area contributed by atoms with Crippen LogP contribution in [0.4, 0.5) is 0 Å². The molecule has 10 heavy (non-hydrogen) atoms. The minimum absolute atomic E-state index is 0. The smallest absolute Gasteiger partial charge is 0.310 e. The number of imidazole rings is 1. The van der Waals surface area contributed by atoms with Crippen molar-refractivity contribution in [1.29, 1.82) is 0 Å². The van der Waals surface area contributed by atoms with Gasteiger partial charge in [0, 0.05) is 6.92 Å². The summed E-state index contributed by atoms with van der Waals surface area (Å²) in [7, 11) is 1.87. The van der Waals surface area contributed by atoms with Crippen LogP contribution in [0.5, 0.6) is 0 Å². The van der Waals surface area contributed by atoms with Crippen LogP contribution in [-0.4, -0.2) is 10.5 Å². The van der Waals surface area contributed by atoms with Crippen LogP contribution in [0.2, 0.25) is 0 Å². The van der Waals surface area contributed by atoms with E-state index in [0.717, 1.165) is 0 Å². The predicted octanol–water partition coefficient (Wildman–Crippen LogP) is -3.02. The highest BCUT2D eigenvalue weighted by molar-refractivity contribution is 5.75. The number of carbonyl (C=O) groups is 1. The second-order valence-corrected chi connectivity index (χ2v) is 2.01. The Bertz CT molecular complexity index is 231. The summed E-state index contributed by atoms with van der Waals surface area (Å²) in [5.74, 6) is 0.0376. The molecule has 0 unspecified atom stereocenters. The molecule has 0 bridgehead atoms. The van der Waals surface area contributed by atoms with E-state index in [-0.39, 0.29) is 29.9 Å². The quantitative estimate of drug-likeness (QED) is 0.356. The maximum Gasteiger partial charge on any atom is 0.310 e. The van der Waals surface area contributed by atoms with E-state index in [1.54, 1.807) is 12.5 Å². The summed E-state index contributed by atoms with van der Waals surface area (Å²) < 4.78 is 3.35. The molecule has 1 rings (SSSR count). The number of halogens is 1. The van der Waals surface area contributed by atoms with Crippen LogP contribution in [0.15, 0.2) is 18.7 Å². The van der Waals surface area contributed by atoms with Crippen LogP contribution in [0.3, 0.4) is 0 Å². The van der Waals surface area contributed by atoms with Gasteiger partial charge in [0.15, 0.2) is 0 Å². The van der Waals surface area contributed by atoms with Gasteiger partial charge in [0.25, 0.3) is 6.33 Å². The number of rotatable bonds is 0. The third kappa shape index (κ3) is 2.09.